The summed E-state index contributed by atoms with van der Waals surface area (Å²) in [5, 5.41) is 65.8. The molecular weight excluding hydrogens is 614 g/mol. The Kier molecular flexibility index (Phi) is 16.7. The summed E-state index contributed by atoms with van der Waals surface area (Å²) in [5.74, 6) is -6.71. The number of nitrogens with zero attached hydrogens (tertiary/aromatic N) is 3. The van der Waals surface area contributed by atoms with E-state index in [1.54, 1.807) is 7.11 Å². The van der Waals surface area contributed by atoms with Gasteiger partial charge in [-0.25, -0.2) is 19.2 Å². The molecule has 0 bridgehead atoms. The fraction of sp³-hybridized carbons (Fsp3) is 0.577. The number of carboxylic acids is 4. The lowest BCUT2D eigenvalue weighted by atomic mass is 10.1. The Balaban J connectivity index is 0.000000402. The number of methoxy groups -OCH3 is 1. The van der Waals surface area contributed by atoms with Gasteiger partial charge in [-0.15, -0.1) is 0 Å². The predicted molar refractivity (Wildman–Crippen MR) is 151 cm³/mol. The first kappa shape index (κ1) is 38.6. The van der Waals surface area contributed by atoms with E-state index in [1.165, 1.54) is 0 Å². The second kappa shape index (κ2) is 19.1. The van der Waals surface area contributed by atoms with Gasteiger partial charge in [-0.1, -0.05) is 11.6 Å². The van der Waals surface area contributed by atoms with Crippen LogP contribution >= 0.6 is 11.6 Å². The summed E-state index contributed by atoms with van der Waals surface area (Å²) in [7, 11) is 1.74. The minimum absolute atomic E-state index is 0.117. The van der Waals surface area contributed by atoms with Crippen LogP contribution in [0.25, 0.3) is 0 Å². The van der Waals surface area contributed by atoms with E-state index in [2.05, 4.69) is 9.80 Å². The first-order valence-corrected chi connectivity index (χ1v) is 13.6. The van der Waals surface area contributed by atoms with Crippen LogP contribution in [-0.4, -0.2) is 164 Å². The minimum Gasteiger partial charge on any atom is -0.479 e. The third-order valence-electron chi connectivity index (χ3n) is 6.62. The molecule has 17 nitrogen and oxygen atoms in total. The van der Waals surface area contributed by atoms with Crippen LogP contribution in [0.5, 0.6) is 0 Å². The summed E-state index contributed by atoms with van der Waals surface area (Å²) in [4.78, 5) is 58.6. The Bertz CT molecular complexity index is 1030. The van der Waals surface area contributed by atoms with Gasteiger partial charge in [0.15, 0.2) is 24.4 Å². The highest BCUT2D eigenvalue weighted by molar-refractivity contribution is 6.30. The smallest absolute Gasteiger partial charge is 0.335 e. The molecule has 0 saturated carbocycles. The van der Waals surface area contributed by atoms with Crippen LogP contribution in [0.2, 0.25) is 5.02 Å². The highest BCUT2D eigenvalue weighted by Gasteiger charge is 2.34. The number of carbonyl (C=O) groups excluding carboxylic acids is 1. The fourth-order valence-corrected chi connectivity index (χ4v) is 4.18. The van der Waals surface area contributed by atoms with Crippen LogP contribution in [0.4, 0.5) is 5.69 Å². The van der Waals surface area contributed by atoms with E-state index in [4.69, 9.17) is 57.2 Å². The van der Waals surface area contributed by atoms with Crippen molar-refractivity contribution in [1.29, 1.82) is 0 Å². The van der Waals surface area contributed by atoms with Crippen molar-refractivity contribution in [3.63, 3.8) is 0 Å². The van der Waals surface area contributed by atoms with Gasteiger partial charge in [-0.3, -0.25) is 9.69 Å². The molecule has 0 aromatic heterocycles. The van der Waals surface area contributed by atoms with E-state index in [1.807, 2.05) is 29.2 Å². The molecule has 2 heterocycles. The predicted octanol–water partition coefficient (Wildman–Crippen LogP) is -2.29. The van der Waals surface area contributed by atoms with E-state index in [-0.39, 0.29) is 11.8 Å². The number of aliphatic hydroxyl groups is 4. The Hall–Kier alpha value is -3.42. The van der Waals surface area contributed by atoms with Crippen LogP contribution in [0, 0.1) is 5.92 Å². The third kappa shape index (κ3) is 12.7. The van der Waals surface area contributed by atoms with Crippen molar-refractivity contribution >= 4 is 47.1 Å². The number of ether oxygens (including phenoxy) is 1. The van der Waals surface area contributed by atoms with Gasteiger partial charge in [0.05, 0.1) is 12.5 Å². The van der Waals surface area contributed by atoms with Crippen LogP contribution in [-0.2, 0) is 28.7 Å². The molecular formula is C26H38ClN3O14. The number of carboxylic acid groups (broad SMARTS) is 4. The maximum absolute atomic E-state index is 12.7. The number of anilines is 1. The number of piperazine rings is 1. The largest absolute Gasteiger partial charge is 0.479 e. The Morgan fingerprint density at radius 1 is 0.773 bits per heavy atom. The van der Waals surface area contributed by atoms with Crippen molar-refractivity contribution in [3.05, 3.63) is 29.3 Å². The van der Waals surface area contributed by atoms with E-state index < -0.39 is 48.3 Å². The Labute approximate surface area is 257 Å². The molecule has 0 spiro atoms. The lowest BCUT2D eigenvalue weighted by molar-refractivity contribution is -0.165. The van der Waals surface area contributed by atoms with Crippen molar-refractivity contribution in [2.45, 2.75) is 30.8 Å². The quantitative estimate of drug-likeness (QED) is 0.118. The molecule has 1 amide bonds. The number of hydrogen-bond donors (Lipinski definition) is 8. The highest BCUT2D eigenvalue weighted by Crippen LogP contribution is 2.27. The minimum atomic E-state index is -2.27. The van der Waals surface area contributed by atoms with E-state index in [0.717, 1.165) is 64.5 Å². The van der Waals surface area contributed by atoms with Gasteiger partial charge in [0.25, 0.3) is 0 Å². The van der Waals surface area contributed by atoms with E-state index >= 15 is 0 Å². The lowest BCUT2D eigenvalue weighted by Crippen LogP contribution is -2.49. The molecule has 2 aliphatic rings. The van der Waals surface area contributed by atoms with Gasteiger partial charge < -0.3 is 55.4 Å². The van der Waals surface area contributed by atoms with Crippen molar-refractivity contribution in [1.82, 2.24) is 9.80 Å². The zero-order valence-electron chi connectivity index (χ0n) is 23.8. The summed E-state index contributed by atoms with van der Waals surface area (Å²) in [5.41, 5.74) is 0.955. The maximum atomic E-state index is 12.7. The molecule has 0 radical (unpaired) electrons. The molecule has 0 unspecified atom stereocenters. The van der Waals surface area contributed by atoms with Crippen molar-refractivity contribution in [2.24, 2.45) is 5.92 Å². The van der Waals surface area contributed by atoms with E-state index in [9.17, 15) is 24.0 Å². The van der Waals surface area contributed by atoms with Gasteiger partial charge in [0, 0.05) is 63.6 Å². The maximum Gasteiger partial charge on any atom is 0.335 e. The fourth-order valence-electron chi connectivity index (χ4n) is 4.05. The SMILES string of the molecule is COCCN1CCN(C[C@H]2CCN(c3ccc(Cl)cc3)C2=O)CC1.O=C(O)[C@@H](O)[C@H](O)C(=O)O.O=C(O)[C@@H](O)[C@H](O)C(=O)O. The molecule has 3 rings (SSSR count). The monoisotopic (exact) mass is 651 g/mol. The topological polar surface area (TPSA) is 266 Å². The zero-order chi connectivity index (χ0) is 33.6. The van der Waals surface area contributed by atoms with Crippen LogP contribution in [0.3, 0.4) is 0 Å². The van der Waals surface area contributed by atoms with Crippen molar-refractivity contribution in [3.8, 4) is 0 Å². The number of benzene rings is 1. The summed E-state index contributed by atoms with van der Waals surface area (Å²) >= 11 is 5.93. The Morgan fingerprint density at radius 2 is 1.18 bits per heavy atom. The van der Waals surface area contributed by atoms with Gasteiger partial charge in [0.2, 0.25) is 5.91 Å². The van der Waals surface area contributed by atoms with Crippen LogP contribution in [0.15, 0.2) is 24.3 Å². The number of amides is 1. The molecule has 2 aliphatic heterocycles. The lowest BCUT2D eigenvalue weighted by Gasteiger charge is -2.35. The second-order valence-electron chi connectivity index (χ2n) is 9.72. The summed E-state index contributed by atoms with van der Waals surface area (Å²) < 4.78 is 5.14. The average Bonchev–Trinajstić information content (AvgIpc) is 3.35. The molecule has 2 fully saturated rings. The third-order valence-corrected chi connectivity index (χ3v) is 6.87. The van der Waals surface area contributed by atoms with E-state index in [0.29, 0.717) is 5.02 Å². The first-order chi connectivity index (χ1) is 20.6. The number of rotatable bonds is 12. The van der Waals surface area contributed by atoms with Gasteiger partial charge in [-0.2, -0.15) is 0 Å². The van der Waals surface area contributed by atoms with Gasteiger partial charge >= 0.3 is 23.9 Å². The van der Waals surface area contributed by atoms with Crippen molar-refractivity contribution in [2.75, 3.05) is 64.4 Å². The standard InChI is InChI=1S/C18H26ClN3O2.2C4H6O6/c1-24-13-12-20-8-10-21(11-9-20)14-15-6-7-22(18(15)23)17-4-2-16(19)3-5-17;2*5-1(3(7)8)2(6)4(9)10/h2-5,15H,6-14H2,1H3;2*1-2,5-6H,(H,7,8)(H,9,10)/t15-;2*1-,2-/m100/s1. The second-order valence-corrected chi connectivity index (χ2v) is 10.2. The molecule has 8 N–H and O–H groups in total. The molecule has 18 heteroatoms. The molecule has 0 aliphatic carbocycles. The average molecular weight is 652 g/mol. The molecule has 1 aromatic carbocycles. The summed E-state index contributed by atoms with van der Waals surface area (Å²) in [6.45, 7) is 7.66. The number of hydrogen-bond acceptors (Lipinski definition) is 12. The normalized spacial score (nSPS) is 19.8. The molecule has 1 aromatic rings. The van der Waals surface area contributed by atoms with Gasteiger partial charge in [0.1, 0.15) is 0 Å². The first-order valence-electron chi connectivity index (χ1n) is 13.2. The van der Waals surface area contributed by atoms with Gasteiger partial charge in [-0.05, 0) is 30.7 Å². The zero-order valence-corrected chi connectivity index (χ0v) is 24.6. The number of aliphatic hydroxyl groups excluding tert-OH is 4. The van der Waals surface area contributed by atoms with Crippen LogP contribution in [0.1, 0.15) is 6.42 Å². The molecule has 5 atom stereocenters. The van der Waals surface area contributed by atoms with Crippen molar-refractivity contribution < 1.29 is 69.6 Å². The summed E-state index contributed by atoms with van der Waals surface area (Å²) in [6.07, 6.45) is -8.13. The molecule has 2 saturated heterocycles. The number of halogens is 1. The molecule has 44 heavy (non-hydrogen) atoms. The highest BCUT2D eigenvalue weighted by atomic mass is 35.5. The van der Waals surface area contributed by atoms with Crippen LogP contribution < -0.4 is 4.90 Å². The summed E-state index contributed by atoms with van der Waals surface area (Å²) in [6, 6.07) is 7.54. The number of aliphatic carboxylic acids is 4. The molecule has 248 valence electrons. The Morgan fingerprint density at radius 3 is 1.57 bits per heavy atom. The number of carbonyl (C=O) groups is 5.